The van der Waals surface area contributed by atoms with Crippen molar-refractivity contribution in [2.75, 3.05) is 25.9 Å². The second-order valence-electron chi connectivity index (χ2n) is 8.08. The number of sulfone groups is 1. The third-order valence-corrected chi connectivity index (χ3v) is 9.09. The number of aromatic amines is 1. The maximum absolute atomic E-state index is 13.4. The molecule has 9 N–H and O–H groups in total. The molecule has 3 aromatic rings. The fourth-order valence-corrected chi connectivity index (χ4v) is 7.77. The van der Waals surface area contributed by atoms with E-state index in [2.05, 4.69) is 31.9 Å². The van der Waals surface area contributed by atoms with E-state index in [0.29, 0.717) is 35.2 Å². The van der Waals surface area contributed by atoms with Gasteiger partial charge < -0.3 is 15.6 Å². The molecule has 0 saturated carbocycles. The summed E-state index contributed by atoms with van der Waals surface area (Å²) in [7, 11) is -6.66. The van der Waals surface area contributed by atoms with Gasteiger partial charge in [-0.15, -0.1) is 0 Å². The molecule has 2 aliphatic heterocycles. The summed E-state index contributed by atoms with van der Waals surface area (Å²) in [6.45, 7) is 0.608. The Bertz CT molecular complexity index is 1460. The van der Waals surface area contributed by atoms with Crippen molar-refractivity contribution in [1.82, 2.24) is 36.8 Å². The van der Waals surface area contributed by atoms with Crippen LogP contribution in [0.15, 0.2) is 40.1 Å². The summed E-state index contributed by atoms with van der Waals surface area (Å²) in [4.78, 5) is 8.31. The molecule has 0 unspecified atom stereocenters. The lowest BCUT2D eigenvalue weighted by molar-refractivity contribution is 0.231. The molecule has 2 fully saturated rings. The summed E-state index contributed by atoms with van der Waals surface area (Å²) in [5.74, 6) is 0.194. The number of imidazole rings is 1. The minimum Gasteiger partial charge on any atom is -0.369 e. The first-order valence-electron chi connectivity index (χ1n) is 9.95. The van der Waals surface area contributed by atoms with E-state index in [9.17, 15) is 16.8 Å². The number of hydrazine groups is 3. The first-order valence-corrected chi connectivity index (χ1v) is 13.0. The molecule has 15 heteroatoms. The number of likely N-dealkylation sites (tertiary alicyclic amines) is 1. The number of benzene rings is 2. The molecule has 0 bridgehead atoms. The molecule has 2 saturated heterocycles. The van der Waals surface area contributed by atoms with E-state index in [1.54, 1.807) is 31.3 Å². The summed E-state index contributed by atoms with van der Waals surface area (Å²) >= 11 is 0. The lowest BCUT2D eigenvalue weighted by Gasteiger charge is -2.36. The quantitative estimate of drug-likeness (QED) is 0.222. The van der Waals surface area contributed by atoms with Crippen LogP contribution >= 0.6 is 0 Å². The number of H-pyrrole nitrogens is 1. The molecule has 0 spiro atoms. The largest absolute Gasteiger partial charge is 0.369 e. The minimum atomic E-state index is -4.48. The normalized spacial score (nSPS) is 18.7. The molecule has 2 aliphatic rings. The number of aromatic nitrogens is 2. The van der Waals surface area contributed by atoms with Crippen molar-refractivity contribution >= 4 is 36.8 Å². The lowest BCUT2D eigenvalue weighted by Crippen LogP contribution is -2.52. The number of hydrogen-bond donors (Lipinski definition) is 7. The summed E-state index contributed by atoms with van der Waals surface area (Å²) in [6, 6.07) is 8.16. The predicted molar refractivity (Wildman–Crippen MR) is 121 cm³/mol. The second-order valence-corrected chi connectivity index (χ2v) is 11.8. The van der Waals surface area contributed by atoms with Gasteiger partial charge in [0.2, 0.25) is 10.0 Å². The number of nitrogens with zero attached hydrogens (tertiary/aromatic N) is 2. The van der Waals surface area contributed by atoms with E-state index in [4.69, 9.17) is 10.9 Å². The monoisotopic (exact) mass is 493 g/mol. The number of para-hydroxylation sites is 1. The molecule has 2 aromatic carbocycles. The second kappa shape index (κ2) is 7.71. The maximum Gasteiger partial charge on any atom is 0.239 e. The van der Waals surface area contributed by atoms with Gasteiger partial charge >= 0.3 is 0 Å². The molecular weight excluding hydrogens is 470 g/mol. The highest BCUT2D eigenvalue weighted by Crippen LogP contribution is 2.40. The Hall–Kier alpha value is -2.63. The van der Waals surface area contributed by atoms with Crippen LogP contribution in [0.5, 0.6) is 0 Å². The number of sulfonamides is 1. The van der Waals surface area contributed by atoms with Crippen molar-refractivity contribution < 1.29 is 16.8 Å². The molecule has 0 radical (unpaired) electrons. The molecule has 176 valence electrons. The molecule has 13 nitrogen and oxygen atoms in total. The number of anilines is 1. The maximum atomic E-state index is 13.4. The van der Waals surface area contributed by atoms with E-state index in [0.717, 1.165) is 0 Å². The fourth-order valence-electron chi connectivity index (χ4n) is 4.30. The number of rotatable bonds is 5. The number of hydrogen-bond acceptors (Lipinski definition) is 11. The highest BCUT2D eigenvalue weighted by atomic mass is 32.2. The number of nitrogens with two attached hydrogens (primary N) is 2. The van der Waals surface area contributed by atoms with Crippen molar-refractivity contribution in [2.45, 2.75) is 21.2 Å². The van der Waals surface area contributed by atoms with Crippen LogP contribution in [0.1, 0.15) is 11.7 Å². The average Bonchev–Trinajstić information content (AvgIpc) is 3.38. The first-order chi connectivity index (χ1) is 15.6. The first kappa shape index (κ1) is 22.2. The molecule has 1 aromatic heterocycles. The topological polar surface area (TPSA) is 200 Å². The van der Waals surface area contributed by atoms with Gasteiger partial charge in [-0.3, -0.25) is 0 Å². The molecule has 0 amide bonds. The van der Waals surface area contributed by atoms with Crippen LogP contribution in [0.4, 0.5) is 5.95 Å². The molecule has 0 aliphatic carbocycles. The summed E-state index contributed by atoms with van der Waals surface area (Å²) < 4.78 is 52.6. The molecular formula is C18H23N9O4S2. The van der Waals surface area contributed by atoms with Crippen molar-refractivity contribution in [3.05, 3.63) is 35.9 Å². The van der Waals surface area contributed by atoms with Crippen LogP contribution in [-0.2, 0) is 19.9 Å². The van der Waals surface area contributed by atoms with E-state index >= 15 is 0 Å². The van der Waals surface area contributed by atoms with Crippen LogP contribution < -0.4 is 32.8 Å². The Morgan fingerprint density at radius 3 is 2.36 bits per heavy atom. The average molecular weight is 494 g/mol. The van der Waals surface area contributed by atoms with Crippen LogP contribution in [0.3, 0.4) is 0 Å². The molecule has 3 heterocycles. The van der Waals surface area contributed by atoms with Crippen molar-refractivity contribution in [1.29, 1.82) is 0 Å². The standard InChI is InChI=1S/C18H23N9O4S2/c1-27-7-9(8-27)32(28,29)13-6-5-10(11-3-2-4-12-15(11)22-18(19)21-12)14(16(13)33(20,30)31)17-23-25-26-24-17/h2-6,9,17,23-26H,7-8H2,1H3,(H3,19,21,22)(H2,20,30,31). The zero-order valence-corrected chi connectivity index (χ0v) is 19.1. The van der Waals surface area contributed by atoms with Crippen molar-refractivity contribution in [2.24, 2.45) is 5.14 Å². The number of nitrogens with one attached hydrogen (secondary N) is 5. The summed E-state index contributed by atoms with van der Waals surface area (Å²) in [6.07, 6.45) is -0.834. The van der Waals surface area contributed by atoms with Gasteiger partial charge in [0.05, 0.1) is 21.2 Å². The Kier molecular flexibility index (Phi) is 5.18. The van der Waals surface area contributed by atoms with E-state index in [-0.39, 0.29) is 16.4 Å². The zero-order valence-electron chi connectivity index (χ0n) is 17.5. The lowest BCUT2D eigenvalue weighted by atomic mass is 9.96. The zero-order chi connectivity index (χ0) is 23.5. The van der Waals surface area contributed by atoms with E-state index < -0.39 is 36.2 Å². The number of primary sulfonamides is 1. The molecule has 5 rings (SSSR count). The van der Waals surface area contributed by atoms with Crippen LogP contribution in [0.25, 0.3) is 22.2 Å². The molecule has 33 heavy (non-hydrogen) atoms. The van der Waals surface area contributed by atoms with Gasteiger partial charge in [-0.1, -0.05) is 18.2 Å². The van der Waals surface area contributed by atoms with E-state index in [1.165, 1.54) is 6.07 Å². The van der Waals surface area contributed by atoms with Gasteiger partial charge in [0.25, 0.3) is 0 Å². The fraction of sp³-hybridized carbons (Fsp3) is 0.278. The SMILES string of the molecule is CN1CC(S(=O)(=O)c2ccc(-c3cccc4[nH]c(N)nc34)c(C3NNNN3)c2S(N)(=O)=O)C1. The van der Waals surface area contributed by atoms with Gasteiger partial charge in [0.1, 0.15) is 11.1 Å². The number of fused-ring (bicyclic) bond motifs is 1. The highest BCUT2D eigenvalue weighted by Gasteiger charge is 2.41. The van der Waals surface area contributed by atoms with Gasteiger partial charge in [-0.05, 0) is 24.7 Å². The van der Waals surface area contributed by atoms with Crippen LogP contribution in [0.2, 0.25) is 0 Å². The highest BCUT2D eigenvalue weighted by molar-refractivity contribution is 7.94. The third kappa shape index (κ3) is 3.68. The van der Waals surface area contributed by atoms with Crippen molar-refractivity contribution in [3.8, 4) is 11.1 Å². The Labute approximate surface area is 189 Å². The Morgan fingerprint density at radius 2 is 1.73 bits per heavy atom. The Balaban J connectivity index is 1.83. The predicted octanol–water partition coefficient (Wildman–Crippen LogP) is -1.34. The number of nitrogen functional groups attached to an aromatic ring is 1. The summed E-state index contributed by atoms with van der Waals surface area (Å²) in [5.41, 5.74) is 19.1. The van der Waals surface area contributed by atoms with Crippen molar-refractivity contribution in [3.63, 3.8) is 0 Å². The minimum absolute atomic E-state index is 0.137. The van der Waals surface area contributed by atoms with Gasteiger partial charge in [0.15, 0.2) is 15.8 Å². The molecule has 0 atom stereocenters. The van der Waals surface area contributed by atoms with Gasteiger partial charge in [0, 0.05) is 24.2 Å². The van der Waals surface area contributed by atoms with Crippen LogP contribution in [-0.4, -0.2) is 57.1 Å². The Morgan fingerprint density at radius 1 is 1.03 bits per heavy atom. The van der Waals surface area contributed by atoms with E-state index in [1.807, 2.05) is 4.90 Å². The van der Waals surface area contributed by atoms with Gasteiger partial charge in [-0.25, -0.2) is 37.8 Å². The third-order valence-electron chi connectivity index (χ3n) is 5.83. The van der Waals surface area contributed by atoms with Crippen LogP contribution in [0, 0.1) is 0 Å². The summed E-state index contributed by atoms with van der Waals surface area (Å²) in [5, 5.41) is 4.91. The smallest absolute Gasteiger partial charge is 0.239 e. The van der Waals surface area contributed by atoms with Gasteiger partial charge in [-0.2, -0.15) is 11.1 Å².